The van der Waals surface area contributed by atoms with Gasteiger partial charge in [-0.05, 0) is 6.42 Å². The number of unbranched alkanes of at least 4 members (excludes halogenated alkanes) is 1. The molecule has 0 aliphatic carbocycles. The molecule has 0 atom stereocenters. The van der Waals surface area contributed by atoms with Crippen LogP contribution in [0.3, 0.4) is 0 Å². The Kier molecular flexibility index (Phi) is 3.82. The normalized spacial score (nSPS) is 18.6. The first-order chi connectivity index (χ1) is 9.79. The summed E-state index contributed by atoms with van der Waals surface area (Å²) in [5.74, 6) is 0.843. The average Bonchev–Trinajstić information content (AvgIpc) is 2.82. The van der Waals surface area contributed by atoms with E-state index in [1.165, 1.54) is 0 Å². The van der Waals surface area contributed by atoms with Gasteiger partial charge in [-0.1, -0.05) is 13.3 Å². The fourth-order valence-corrected chi connectivity index (χ4v) is 2.68. The Hall–Kier alpha value is -1.69. The summed E-state index contributed by atoms with van der Waals surface area (Å²) in [7, 11) is 0. The average molecular weight is 275 g/mol. The molecule has 1 fully saturated rings. The first-order valence-electron chi connectivity index (χ1n) is 7.40. The van der Waals surface area contributed by atoms with Gasteiger partial charge in [-0.3, -0.25) is 4.79 Å². The quantitative estimate of drug-likeness (QED) is 0.874. The number of hydrogen-bond acceptors (Lipinski definition) is 5. The van der Waals surface area contributed by atoms with Crippen LogP contribution in [0.2, 0.25) is 0 Å². The van der Waals surface area contributed by atoms with Gasteiger partial charge in [0.05, 0.1) is 17.8 Å². The maximum absolute atomic E-state index is 12.2. The predicted molar refractivity (Wildman–Crippen MR) is 76.8 cm³/mol. The van der Waals surface area contributed by atoms with Crippen LogP contribution in [0.1, 0.15) is 35.8 Å². The summed E-state index contributed by atoms with van der Waals surface area (Å²) in [4.78, 5) is 25.3. The predicted octanol–water partition coefficient (Wildman–Crippen LogP) is 0.642. The molecule has 6 nitrogen and oxygen atoms in total. The third kappa shape index (κ3) is 2.47. The molecular formula is C14H21N5O. The zero-order chi connectivity index (χ0) is 13.9. The van der Waals surface area contributed by atoms with Gasteiger partial charge in [-0.2, -0.15) is 0 Å². The first kappa shape index (κ1) is 13.3. The highest BCUT2D eigenvalue weighted by molar-refractivity contribution is 5.97. The van der Waals surface area contributed by atoms with Gasteiger partial charge >= 0.3 is 0 Å². The van der Waals surface area contributed by atoms with Crippen LogP contribution in [0.5, 0.6) is 0 Å². The largest absolute Gasteiger partial charge is 0.338 e. The monoisotopic (exact) mass is 275 g/mol. The van der Waals surface area contributed by atoms with Crippen molar-refractivity contribution in [2.45, 2.75) is 26.3 Å². The molecule has 0 bridgehead atoms. The van der Waals surface area contributed by atoms with Crippen molar-refractivity contribution in [2.24, 2.45) is 0 Å². The summed E-state index contributed by atoms with van der Waals surface area (Å²) in [6.07, 6.45) is 3.84. The molecule has 2 aliphatic rings. The van der Waals surface area contributed by atoms with E-state index in [0.717, 1.165) is 57.2 Å². The van der Waals surface area contributed by atoms with Gasteiger partial charge in [0.2, 0.25) is 5.95 Å². The number of hydrogen-bond donors (Lipinski definition) is 1. The molecule has 1 aromatic heterocycles. The standard InChI is InChI=1S/C14H21N5O/c1-2-3-6-19-10-12-11(13(19)20)9-16-14(17-12)18-7-4-15-5-8-18/h9,15H,2-8,10H2,1H3. The molecule has 108 valence electrons. The number of rotatable bonds is 4. The van der Waals surface area contributed by atoms with Gasteiger partial charge in [0.15, 0.2) is 0 Å². The third-order valence-electron chi connectivity index (χ3n) is 3.89. The Morgan fingerprint density at radius 1 is 1.35 bits per heavy atom. The van der Waals surface area contributed by atoms with Gasteiger partial charge in [-0.15, -0.1) is 0 Å². The Bertz CT molecular complexity index is 498. The van der Waals surface area contributed by atoms with E-state index in [-0.39, 0.29) is 5.91 Å². The van der Waals surface area contributed by atoms with Crippen LogP contribution in [0.15, 0.2) is 6.20 Å². The van der Waals surface area contributed by atoms with Crippen molar-refractivity contribution >= 4 is 11.9 Å². The Morgan fingerprint density at radius 3 is 2.90 bits per heavy atom. The van der Waals surface area contributed by atoms with Gasteiger partial charge in [0.1, 0.15) is 0 Å². The fraction of sp³-hybridized carbons (Fsp3) is 0.643. The molecule has 0 spiro atoms. The van der Waals surface area contributed by atoms with E-state index >= 15 is 0 Å². The number of amides is 1. The van der Waals surface area contributed by atoms with E-state index in [2.05, 4.69) is 27.1 Å². The molecule has 6 heteroatoms. The number of fused-ring (bicyclic) bond motifs is 1. The van der Waals surface area contributed by atoms with Gasteiger partial charge in [0, 0.05) is 38.9 Å². The number of piperazine rings is 1. The topological polar surface area (TPSA) is 61.4 Å². The number of aromatic nitrogens is 2. The second-order valence-corrected chi connectivity index (χ2v) is 5.35. The van der Waals surface area contributed by atoms with Crippen LogP contribution >= 0.6 is 0 Å². The van der Waals surface area contributed by atoms with Crippen molar-refractivity contribution in [1.82, 2.24) is 20.2 Å². The summed E-state index contributed by atoms with van der Waals surface area (Å²) in [5, 5.41) is 3.31. The van der Waals surface area contributed by atoms with Gasteiger partial charge < -0.3 is 15.1 Å². The molecule has 1 N–H and O–H groups in total. The lowest BCUT2D eigenvalue weighted by molar-refractivity contribution is 0.0776. The van der Waals surface area contributed by atoms with E-state index < -0.39 is 0 Å². The minimum absolute atomic E-state index is 0.0836. The number of nitrogens with one attached hydrogen (secondary N) is 1. The second-order valence-electron chi connectivity index (χ2n) is 5.35. The highest BCUT2D eigenvalue weighted by atomic mass is 16.2. The van der Waals surface area contributed by atoms with Crippen molar-refractivity contribution in [3.63, 3.8) is 0 Å². The molecule has 0 aromatic carbocycles. The summed E-state index contributed by atoms with van der Waals surface area (Å²) in [6, 6.07) is 0. The minimum atomic E-state index is 0.0836. The highest BCUT2D eigenvalue weighted by Crippen LogP contribution is 2.22. The fourth-order valence-electron chi connectivity index (χ4n) is 2.68. The van der Waals surface area contributed by atoms with Gasteiger partial charge in [0.25, 0.3) is 5.91 Å². The molecule has 3 heterocycles. The first-order valence-corrected chi connectivity index (χ1v) is 7.40. The van der Waals surface area contributed by atoms with E-state index in [1.807, 2.05) is 4.90 Å². The summed E-state index contributed by atoms with van der Waals surface area (Å²) in [6.45, 7) is 7.35. The van der Waals surface area contributed by atoms with Crippen LogP contribution < -0.4 is 10.2 Å². The third-order valence-corrected chi connectivity index (χ3v) is 3.89. The SMILES string of the molecule is CCCCN1Cc2nc(N3CCNCC3)ncc2C1=O. The lowest BCUT2D eigenvalue weighted by Gasteiger charge is -2.27. The molecule has 1 aromatic rings. The molecule has 0 saturated carbocycles. The molecule has 1 saturated heterocycles. The number of nitrogens with zero attached hydrogens (tertiary/aromatic N) is 4. The van der Waals surface area contributed by atoms with Crippen LogP contribution in [-0.2, 0) is 6.54 Å². The van der Waals surface area contributed by atoms with E-state index in [9.17, 15) is 4.79 Å². The number of carbonyl (C=O) groups is 1. The number of anilines is 1. The van der Waals surface area contributed by atoms with Crippen LogP contribution in [0, 0.1) is 0 Å². The highest BCUT2D eigenvalue weighted by Gasteiger charge is 2.29. The molecule has 20 heavy (non-hydrogen) atoms. The Balaban J connectivity index is 1.76. The maximum Gasteiger partial charge on any atom is 0.257 e. The zero-order valence-electron chi connectivity index (χ0n) is 11.9. The maximum atomic E-state index is 12.2. The van der Waals surface area contributed by atoms with Crippen LogP contribution in [0.25, 0.3) is 0 Å². The summed E-state index contributed by atoms with van der Waals surface area (Å²) in [5.41, 5.74) is 1.56. The van der Waals surface area contributed by atoms with E-state index in [4.69, 9.17) is 0 Å². The van der Waals surface area contributed by atoms with Gasteiger partial charge in [-0.25, -0.2) is 9.97 Å². The molecular weight excluding hydrogens is 254 g/mol. The van der Waals surface area contributed by atoms with Crippen molar-refractivity contribution in [1.29, 1.82) is 0 Å². The van der Waals surface area contributed by atoms with E-state index in [0.29, 0.717) is 12.1 Å². The van der Waals surface area contributed by atoms with Crippen molar-refractivity contribution < 1.29 is 4.79 Å². The van der Waals surface area contributed by atoms with Crippen LogP contribution in [-0.4, -0.2) is 53.5 Å². The Morgan fingerprint density at radius 2 is 2.15 bits per heavy atom. The van der Waals surface area contributed by atoms with Crippen LogP contribution in [0.4, 0.5) is 5.95 Å². The number of carbonyl (C=O) groups excluding carboxylic acids is 1. The summed E-state index contributed by atoms with van der Waals surface area (Å²) < 4.78 is 0. The Labute approximate surface area is 119 Å². The summed E-state index contributed by atoms with van der Waals surface area (Å²) >= 11 is 0. The van der Waals surface area contributed by atoms with E-state index in [1.54, 1.807) is 6.20 Å². The molecule has 1 amide bonds. The molecule has 0 radical (unpaired) electrons. The smallest absolute Gasteiger partial charge is 0.257 e. The zero-order valence-corrected chi connectivity index (χ0v) is 11.9. The molecule has 0 unspecified atom stereocenters. The second kappa shape index (κ2) is 5.75. The van der Waals surface area contributed by atoms with Crippen molar-refractivity contribution in [3.05, 3.63) is 17.5 Å². The molecule has 3 rings (SSSR count). The lowest BCUT2D eigenvalue weighted by Crippen LogP contribution is -2.44. The van der Waals surface area contributed by atoms with Crippen molar-refractivity contribution in [2.75, 3.05) is 37.6 Å². The van der Waals surface area contributed by atoms with Crippen molar-refractivity contribution in [3.8, 4) is 0 Å². The minimum Gasteiger partial charge on any atom is -0.338 e. The molecule has 2 aliphatic heterocycles. The lowest BCUT2D eigenvalue weighted by atomic mass is 10.3.